The molecule has 0 spiro atoms. The van der Waals surface area contributed by atoms with Crippen LogP contribution in [0.1, 0.15) is 10.5 Å². The minimum atomic E-state index is -1.26. The van der Waals surface area contributed by atoms with Gasteiger partial charge in [0.05, 0.1) is 0 Å². The van der Waals surface area contributed by atoms with Crippen molar-refractivity contribution in [1.29, 1.82) is 0 Å². The molecule has 0 aliphatic rings. The van der Waals surface area contributed by atoms with E-state index < -0.39 is 5.97 Å². The summed E-state index contributed by atoms with van der Waals surface area (Å²) in [6, 6.07) is 16.3. The molecule has 0 aliphatic heterocycles. The summed E-state index contributed by atoms with van der Waals surface area (Å²) in [4.78, 5) is 19.0. The molecule has 0 bridgehead atoms. The summed E-state index contributed by atoms with van der Waals surface area (Å²) >= 11 is 0. The highest BCUT2D eigenvalue weighted by molar-refractivity contribution is 5.92. The van der Waals surface area contributed by atoms with Crippen molar-refractivity contribution in [2.24, 2.45) is 0 Å². The molecule has 3 aromatic rings. The lowest BCUT2D eigenvalue weighted by Crippen LogP contribution is -2.11. The molecule has 7 heteroatoms. The van der Waals surface area contributed by atoms with E-state index in [4.69, 9.17) is 21.3 Å². The summed E-state index contributed by atoms with van der Waals surface area (Å²) in [5.74, 6) is -0.0668. The van der Waals surface area contributed by atoms with Gasteiger partial charge in [-0.05, 0) is 36.4 Å². The maximum absolute atomic E-state index is 11.1. The summed E-state index contributed by atoms with van der Waals surface area (Å²) in [5, 5.41) is 9.09. The number of ether oxygens (including phenoxy) is 1. The third kappa shape index (κ3) is 3.09. The van der Waals surface area contributed by atoms with Crippen molar-refractivity contribution >= 4 is 17.6 Å². The number of nitrogens with two attached hydrogens (primary N) is 2. The van der Waals surface area contributed by atoms with Crippen LogP contribution in [0.15, 0.2) is 54.6 Å². The predicted octanol–water partition coefficient (Wildman–Crippen LogP) is 2.80. The van der Waals surface area contributed by atoms with Crippen molar-refractivity contribution in [2.45, 2.75) is 0 Å². The van der Waals surface area contributed by atoms with E-state index in [1.165, 1.54) is 0 Å². The standard InChI is InChI=1S/C17H14N4O3/c18-15-13(20-14(17(22)23)16(19)21-15)10-6-8-12(9-7-10)24-11-4-2-1-3-5-11/h1-9H,(H,22,23)(H4,18,19,21). The number of aromatic carboxylic acids is 1. The van der Waals surface area contributed by atoms with Gasteiger partial charge in [-0.25, -0.2) is 14.8 Å². The summed E-state index contributed by atoms with van der Waals surface area (Å²) in [6.07, 6.45) is 0. The van der Waals surface area contributed by atoms with Gasteiger partial charge >= 0.3 is 5.97 Å². The zero-order valence-electron chi connectivity index (χ0n) is 12.5. The third-order valence-electron chi connectivity index (χ3n) is 3.26. The Labute approximate surface area is 137 Å². The van der Waals surface area contributed by atoms with Gasteiger partial charge in [0.25, 0.3) is 0 Å². The van der Waals surface area contributed by atoms with Crippen LogP contribution in [0.25, 0.3) is 11.3 Å². The second-order valence-electron chi connectivity index (χ2n) is 4.94. The van der Waals surface area contributed by atoms with Crippen LogP contribution < -0.4 is 16.2 Å². The lowest BCUT2D eigenvalue weighted by molar-refractivity contribution is 0.0691. The Morgan fingerprint density at radius 2 is 1.50 bits per heavy atom. The highest BCUT2D eigenvalue weighted by Gasteiger charge is 2.16. The fourth-order valence-corrected chi connectivity index (χ4v) is 2.14. The Morgan fingerprint density at radius 1 is 0.875 bits per heavy atom. The zero-order chi connectivity index (χ0) is 17.1. The zero-order valence-corrected chi connectivity index (χ0v) is 12.5. The number of hydrogen-bond donors (Lipinski definition) is 3. The molecule has 1 heterocycles. The van der Waals surface area contributed by atoms with Gasteiger partial charge < -0.3 is 21.3 Å². The first-order valence-corrected chi connectivity index (χ1v) is 7.04. The SMILES string of the molecule is Nc1nc(N)c(-c2ccc(Oc3ccccc3)cc2)nc1C(=O)O. The molecule has 0 atom stereocenters. The molecular weight excluding hydrogens is 308 g/mol. The second-order valence-corrected chi connectivity index (χ2v) is 4.94. The molecule has 120 valence electrons. The van der Waals surface area contributed by atoms with Gasteiger partial charge in [-0.3, -0.25) is 0 Å². The Kier molecular flexibility index (Phi) is 3.98. The summed E-state index contributed by atoms with van der Waals surface area (Å²) in [5.41, 5.74) is 11.9. The summed E-state index contributed by atoms with van der Waals surface area (Å²) in [7, 11) is 0. The lowest BCUT2D eigenvalue weighted by atomic mass is 10.1. The maximum Gasteiger partial charge on any atom is 0.358 e. The van der Waals surface area contributed by atoms with E-state index in [1.807, 2.05) is 30.3 Å². The van der Waals surface area contributed by atoms with E-state index in [9.17, 15) is 4.79 Å². The average molecular weight is 322 g/mol. The fraction of sp³-hybridized carbons (Fsp3) is 0. The Bertz CT molecular complexity index is 880. The first-order valence-electron chi connectivity index (χ1n) is 7.04. The van der Waals surface area contributed by atoms with E-state index in [0.717, 1.165) is 0 Å². The van der Waals surface area contributed by atoms with Crippen molar-refractivity contribution in [3.63, 3.8) is 0 Å². The van der Waals surface area contributed by atoms with Crippen LogP contribution in [0.3, 0.4) is 0 Å². The first-order chi connectivity index (χ1) is 11.5. The van der Waals surface area contributed by atoms with Crippen LogP contribution in [0.5, 0.6) is 11.5 Å². The largest absolute Gasteiger partial charge is 0.476 e. The molecule has 0 amide bonds. The summed E-state index contributed by atoms with van der Waals surface area (Å²) < 4.78 is 5.70. The number of para-hydroxylation sites is 1. The highest BCUT2D eigenvalue weighted by atomic mass is 16.5. The number of carbonyl (C=O) groups is 1. The van der Waals surface area contributed by atoms with Crippen LogP contribution in [0.4, 0.5) is 11.6 Å². The number of anilines is 2. The Balaban J connectivity index is 1.91. The van der Waals surface area contributed by atoms with Crippen molar-refractivity contribution < 1.29 is 14.6 Å². The van der Waals surface area contributed by atoms with Crippen LogP contribution in [-0.2, 0) is 0 Å². The Morgan fingerprint density at radius 3 is 2.12 bits per heavy atom. The fourth-order valence-electron chi connectivity index (χ4n) is 2.14. The average Bonchev–Trinajstić information content (AvgIpc) is 2.56. The van der Waals surface area contributed by atoms with E-state index in [1.54, 1.807) is 24.3 Å². The van der Waals surface area contributed by atoms with Crippen molar-refractivity contribution in [3.05, 3.63) is 60.3 Å². The number of hydrogen-bond acceptors (Lipinski definition) is 6. The van der Waals surface area contributed by atoms with Crippen molar-refractivity contribution in [3.8, 4) is 22.8 Å². The number of benzene rings is 2. The Hall–Kier alpha value is -3.61. The molecule has 0 saturated heterocycles. The van der Waals surface area contributed by atoms with Gasteiger partial charge in [-0.15, -0.1) is 0 Å². The molecule has 5 N–H and O–H groups in total. The number of nitrogen functional groups attached to an aromatic ring is 2. The second kappa shape index (κ2) is 6.25. The lowest BCUT2D eigenvalue weighted by Gasteiger charge is -2.09. The van der Waals surface area contributed by atoms with Gasteiger partial charge in [0.15, 0.2) is 17.3 Å². The molecule has 3 rings (SSSR count). The van der Waals surface area contributed by atoms with Crippen molar-refractivity contribution in [2.75, 3.05) is 11.5 Å². The van der Waals surface area contributed by atoms with Gasteiger partial charge in [-0.2, -0.15) is 0 Å². The van der Waals surface area contributed by atoms with Gasteiger partial charge in [-0.1, -0.05) is 18.2 Å². The number of carboxylic acid groups (broad SMARTS) is 1. The quantitative estimate of drug-likeness (QED) is 0.674. The first kappa shape index (κ1) is 15.3. The summed E-state index contributed by atoms with van der Waals surface area (Å²) in [6.45, 7) is 0. The van der Waals surface area contributed by atoms with E-state index >= 15 is 0 Å². The number of rotatable bonds is 4. The molecule has 24 heavy (non-hydrogen) atoms. The van der Waals surface area contributed by atoms with E-state index in [2.05, 4.69) is 9.97 Å². The normalized spacial score (nSPS) is 10.3. The minimum Gasteiger partial charge on any atom is -0.476 e. The van der Waals surface area contributed by atoms with Crippen molar-refractivity contribution in [1.82, 2.24) is 9.97 Å². The molecule has 1 aromatic heterocycles. The molecule has 0 unspecified atom stereocenters. The maximum atomic E-state index is 11.1. The van der Waals surface area contributed by atoms with E-state index in [-0.39, 0.29) is 23.0 Å². The van der Waals surface area contributed by atoms with Crippen LogP contribution in [0.2, 0.25) is 0 Å². The highest BCUT2D eigenvalue weighted by Crippen LogP contribution is 2.28. The molecule has 7 nitrogen and oxygen atoms in total. The van der Waals surface area contributed by atoms with Gasteiger partial charge in [0.1, 0.15) is 17.2 Å². The number of aromatic nitrogens is 2. The molecule has 0 radical (unpaired) electrons. The minimum absolute atomic E-state index is 0.0641. The van der Waals surface area contributed by atoms with Gasteiger partial charge in [0, 0.05) is 5.56 Å². The number of carboxylic acids is 1. The topological polar surface area (TPSA) is 124 Å². The van der Waals surface area contributed by atoms with Gasteiger partial charge in [0.2, 0.25) is 0 Å². The van der Waals surface area contributed by atoms with Crippen LogP contribution in [-0.4, -0.2) is 21.0 Å². The van der Waals surface area contributed by atoms with Crippen LogP contribution >= 0.6 is 0 Å². The molecule has 2 aromatic carbocycles. The smallest absolute Gasteiger partial charge is 0.358 e. The molecule has 0 fully saturated rings. The van der Waals surface area contributed by atoms with Crippen LogP contribution in [0, 0.1) is 0 Å². The molecular formula is C17H14N4O3. The monoisotopic (exact) mass is 322 g/mol. The molecule has 0 aliphatic carbocycles. The third-order valence-corrected chi connectivity index (χ3v) is 3.26. The number of nitrogens with zero attached hydrogens (tertiary/aromatic N) is 2. The molecule has 0 saturated carbocycles. The van der Waals surface area contributed by atoms with E-state index in [0.29, 0.717) is 17.1 Å². The predicted molar refractivity (Wildman–Crippen MR) is 89.8 cm³/mol.